The van der Waals surface area contributed by atoms with Gasteiger partial charge in [0.2, 0.25) is 5.91 Å². The highest BCUT2D eigenvalue weighted by molar-refractivity contribution is 5.81. The first-order chi connectivity index (χ1) is 20.0. The highest BCUT2D eigenvalue weighted by atomic mass is 19.4. The van der Waals surface area contributed by atoms with Crippen LogP contribution in [0, 0.1) is 5.92 Å². The lowest BCUT2D eigenvalue weighted by atomic mass is 9.79. The molecule has 1 aliphatic carbocycles. The Labute approximate surface area is 241 Å². The number of rotatable bonds is 5. The van der Waals surface area contributed by atoms with Crippen molar-refractivity contribution in [2.45, 2.75) is 70.3 Å². The summed E-state index contributed by atoms with van der Waals surface area (Å²) in [4.78, 5) is 17.7. The van der Waals surface area contributed by atoms with E-state index in [1.807, 2.05) is 10.8 Å². The number of amides is 1. The fourth-order valence-corrected chi connectivity index (χ4v) is 7.09. The zero-order chi connectivity index (χ0) is 29.8. The maximum atomic E-state index is 14.5. The Morgan fingerprint density at radius 2 is 1.86 bits per heavy atom. The number of aryl methyl sites for hydroxylation is 1. The number of halogens is 5. The van der Waals surface area contributed by atoms with Crippen molar-refractivity contribution in [1.29, 1.82) is 0 Å². The molecule has 0 bridgehead atoms. The average Bonchev–Trinajstić information content (AvgIpc) is 3.55. The minimum atomic E-state index is -4.23. The van der Waals surface area contributed by atoms with Gasteiger partial charge < -0.3 is 9.80 Å². The van der Waals surface area contributed by atoms with Gasteiger partial charge in [-0.2, -0.15) is 23.4 Å². The second-order valence-electron chi connectivity index (χ2n) is 11.9. The maximum Gasteiger partial charge on any atom is 0.401 e. The van der Waals surface area contributed by atoms with Gasteiger partial charge in [0.1, 0.15) is 0 Å². The van der Waals surface area contributed by atoms with Crippen LogP contribution in [0.2, 0.25) is 0 Å². The van der Waals surface area contributed by atoms with E-state index in [0.29, 0.717) is 68.9 Å². The molecule has 0 saturated carbocycles. The molecule has 3 aliphatic heterocycles. The van der Waals surface area contributed by atoms with Crippen molar-refractivity contribution in [1.82, 2.24) is 29.4 Å². The fourth-order valence-electron chi connectivity index (χ4n) is 7.09. The number of anilines is 1. The van der Waals surface area contributed by atoms with Crippen molar-refractivity contribution < 1.29 is 26.7 Å². The standard InChI is InChI=1S/C29H36F5N7O/c1-18(42)39-11-7-25-24(16-39)28(36-41(25)21-5-9-38(10-6-21)17-29(32,33)34)40-8-3-4-19-12-22(20-14-35-37(2)15-20)23(27(30)31)13-26(19)40/h12-15,19,21,26-27H,3-11,16-17H2,1-2H3. The Morgan fingerprint density at radius 3 is 2.50 bits per heavy atom. The molecule has 228 valence electrons. The van der Waals surface area contributed by atoms with Crippen LogP contribution in [0.1, 0.15) is 55.5 Å². The minimum absolute atomic E-state index is 0.00429. The third kappa shape index (κ3) is 5.59. The molecule has 2 aromatic rings. The molecule has 2 fully saturated rings. The summed E-state index contributed by atoms with van der Waals surface area (Å²) in [5.74, 6) is 0.653. The molecular formula is C29H36F5N7O. The molecule has 2 saturated heterocycles. The third-order valence-electron chi connectivity index (χ3n) is 9.12. The van der Waals surface area contributed by atoms with Crippen molar-refractivity contribution in [3.05, 3.63) is 46.9 Å². The van der Waals surface area contributed by atoms with Gasteiger partial charge in [-0.05, 0) is 31.3 Å². The zero-order valence-corrected chi connectivity index (χ0v) is 23.8. The van der Waals surface area contributed by atoms with Crippen LogP contribution in [-0.2, 0) is 24.8 Å². The van der Waals surface area contributed by atoms with Gasteiger partial charge in [0.05, 0.1) is 31.4 Å². The van der Waals surface area contributed by atoms with E-state index in [1.54, 1.807) is 35.1 Å². The van der Waals surface area contributed by atoms with Crippen LogP contribution < -0.4 is 4.90 Å². The predicted octanol–water partition coefficient (Wildman–Crippen LogP) is 4.59. The molecular weight excluding hydrogens is 557 g/mol. The summed E-state index contributed by atoms with van der Waals surface area (Å²) in [5.41, 5.74) is 3.08. The summed E-state index contributed by atoms with van der Waals surface area (Å²) in [5, 5.41) is 9.27. The summed E-state index contributed by atoms with van der Waals surface area (Å²) in [6.07, 6.45) is 3.47. The molecule has 8 nitrogen and oxygen atoms in total. The molecule has 0 radical (unpaired) electrons. The van der Waals surface area contributed by atoms with Gasteiger partial charge in [0, 0.05) is 81.1 Å². The normalized spacial score (nSPS) is 24.0. The number of piperidine rings is 2. The number of alkyl halides is 5. The van der Waals surface area contributed by atoms with E-state index in [0.717, 1.165) is 24.1 Å². The molecule has 5 heterocycles. The van der Waals surface area contributed by atoms with Crippen LogP contribution in [0.4, 0.5) is 27.8 Å². The molecule has 42 heavy (non-hydrogen) atoms. The van der Waals surface area contributed by atoms with E-state index < -0.39 is 19.1 Å². The fraction of sp³-hybridized carbons (Fsp3) is 0.621. The molecule has 2 aromatic heterocycles. The van der Waals surface area contributed by atoms with Crippen LogP contribution in [0.25, 0.3) is 5.57 Å². The lowest BCUT2D eigenvalue weighted by molar-refractivity contribution is -0.148. The first-order valence-electron chi connectivity index (χ1n) is 14.6. The molecule has 4 aliphatic rings. The maximum absolute atomic E-state index is 14.5. The van der Waals surface area contributed by atoms with Crippen LogP contribution in [0.15, 0.2) is 30.1 Å². The molecule has 1 amide bonds. The Bertz CT molecular complexity index is 1390. The number of fused-ring (bicyclic) bond motifs is 2. The average molecular weight is 594 g/mol. The van der Waals surface area contributed by atoms with Crippen LogP contribution in [0.5, 0.6) is 0 Å². The van der Waals surface area contributed by atoms with Crippen LogP contribution in [0.3, 0.4) is 0 Å². The number of hydrogen-bond donors (Lipinski definition) is 0. The minimum Gasteiger partial charge on any atom is -0.348 e. The summed E-state index contributed by atoms with van der Waals surface area (Å²) < 4.78 is 71.4. The number of carbonyl (C=O) groups is 1. The highest BCUT2D eigenvalue weighted by Gasteiger charge is 2.40. The second-order valence-corrected chi connectivity index (χ2v) is 11.9. The Morgan fingerprint density at radius 1 is 1.10 bits per heavy atom. The van der Waals surface area contributed by atoms with E-state index in [4.69, 9.17) is 5.10 Å². The van der Waals surface area contributed by atoms with Gasteiger partial charge in [0.15, 0.2) is 5.82 Å². The van der Waals surface area contributed by atoms with Crippen molar-refractivity contribution >= 4 is 17.3 Å². The van der Waals surface area contributed by atoms with E-state index in [9.17, 15) is 26.7 Å². The Hall–Kier alpha value is -3.22. The van der Waals surface area contributed by atoms with Crippen molar-refractivity contribution in [2.75, 3.05) is 37.6 Å². The number of carbonyl (C=O) groups excluding carboxylic acids is 1. The summed E-state index contributed by atoms with van der Waals surface area (Å²) in [6.45, 7) is 2.82. The van der Waals surface area contributed by atoms with Crippen molar-refractivity contribution in [3.8, 4) is 0 Å². The lowest BCUT2D eigenvalue weighted by Gasteiger charge is -2.42. The molecule has 2 atom stereocenters. The molecule has 6 rings (SSSR count). The number of allylic oxidation sites excluding steroid dienone is 2. The SMILES string of the molecule is CC(=O)N1CCc2c(c(N3CCCC4C=C(c5cnn(C)c5)C(C(F)F)=CC43)nn2C2CCN(CC(F)(F)F)CC2)C1. The van der Waals surface area contributed by atoms with Gasteiger partial charge in [-0.15, -0.1) is 0 Å². The van der Waals surface area contributed by atoms with Gasteiger partial charge >= 0.3 is 6.18 Å². The Kier molecular flexibility index (Phi) is 7.65. The largest absolute Gasteiger partial charge is 0.401 e. The van der Waals surface area contributed by atoms with Gasteiger partial charge in [-0.3, -0.25) is 19.1 Å². The van der Waals surface area contributed by atoms with Crippen molar-refractivity contribution in [2.24, 2.45) is 13.0 Å². The first-order valence-corrected chi connectivity index (χ1v) is 14.6. The topological polar surface area (TPSA) is 62.4 Å². The lowest BCUT2D eigenvalue weighted by Crippen LogP contribution is -2.46. The van der Waals surface area contributed by atoms with E-state index >= 15 is 0 Å². The number of likely N-dealkylation sites (tertiary alicyclic amines) is 1. The molecule has 0 N–H and O–H groups in total. The molecule has 13 heteroatoms. The molecule has 0 spiro atoms. The third-order valence-corrected chi connectivity index (χ3v) is 9.12. The van der Waals surface area contributed by atoms with Crippen LogP contribution in [-0.4, -0.2) is 86.6 Å². The smallest absolute Gasteiger partial charge is 0.348 e. The second kappa shape index (κ2) is 11.1. The van der Waals surface area contributed by atoms with Crippen LogP contribution >= 0.6 is 0 Å². The summed E-state index contributed by atoms with van der Waals surface area (Å²) in [7, 11) is 1.76. The van der Waals surface area contributed by atoms with E-state index in [2.05, 4.69) is 10.00 Å². The van der Waals surface area contributed by atoms with Gasteiger partial charge in [-0.25, -0.2) is 8.78 Å². The van der Waals surface area contributed by atoms with E-state index in [1.165, 1.54) is 11.8 Å². The Balaban J connectivity index is 1.34. The summed E-state index contributed by atoms with van der Waals surface area (Å²) in [6, 6.07) is -0.381. The monoisotopic (exact) mass is 593 g/mol. The predicted molar refractivity (Wildman–Crippen MR) is 147 cm³/mol. The zero-order valence-electron chi connectivity index (χ0n) is 23.8. The van der Waals surface area contributed by atoms with Gasteiger partial charge in [-0.1, -0.05) is 12.2 Å². The van der Waals surface area contributed by atoms with Gasteiger partial charge in [0.25, 0.3) is 6.43 Å². The number of nitrogens with zero attached hydrogens (tertiary/aromatic N) is 7. The summed E-state index contributed by atoms with van der Waals surface area (Å²) >= 11 is 0. The van der Waals surface area contributed by atoms with E-state index in [-0.39, 0.29) is 29.5 Å². The molecule has 0 aromatic carbocycles. The number of aromatic nitrogens is 4. The quantitative estimate of drug-likeness (QED) is 0.475. The molecule has 2 unspecified atom stereocenters. The number of hydrogen-bond acceptors (Lipinski definition) is 5. The highest BCUT2D eigenvalue weighted by Crippen LogP contribution is 2.43. The first kappa shape index (κ1) is 28.9. The van der Waals surface area contributed by atoms with Crippen molar-refractivity contribution in [3.63, 3.8) is 0 Å².